The van der Waals surface area contributed by atoms with E-state index in [4.69, 9.17) is 0 Å². The molecule has 0 spiro atoms. The van der Waals surface area contributed by atoms with E-state index < -0.39 is 0 Å². The van der Waals surface area contributed by atoms with Gasteiger partial charge in [0, 0.05) is 15.4 Å². The zero-order valence-electron chi connectivity index (χ0n) is 12.0. The van der Waals surface area contributed by atoms with Gasteiger partial charge in [-0.05, 0) is 56.2 Å². The molecule has 0 atom stereocenters. The van der Waals surface area contributed by atoms with Crippen LogP contribution in [-0.2, 0) is 0 Å². The van der Waals surface area contributed by atoms with Crippen LogP contribution in [0, 0.1) is 12.8 Å². The molecule has 0 saturated heterocycles. The lowest BCUT2D eigenvalue weighted by molar-refractivity contribution is 0.0873. The van der Waals surface area contributed by atoms with Gasteiger partial charge in [-0.2, -0.15) is 0 Å². The first-order chi connectivity index (χ1) is 9.47. The van der Waals surface area contributed by atoms with Gasteiger partial charge in [-0.3, -0.25) is 4.79 Å². The van der Waals surface area contributed by atoms with Crippen LogP contribution in [0.1, 0.15) is 48.5 Å². The fourth-order valence-electron chi connectivity index (χ4n) is 2.77. The number of amides is 1. The smallest absolute Gasteiger partial charge is 0.252 e. The summed E-state index contributed by atoms with van der Waals surface area (Å²) in [6.07, 6.45) is 4.48. The van der Waals surface area contributed by atoms with Crippen LogP contribution < -0.4 is 5.32 Å². The van der Waals surface area contributed by atoms with Crippen LogP contribution in [0.3, 0.4) is 0 Å². The third-order valence-electron chi connectivity index (χ3n) is 4.38. The Bertz CT molecular complexity index is 493. The molecule has 1 aliphatic carbocycles. The Hall–Kier alpha value is -0.350. The van der Waals surface area contributed by atoms with Crippen molar-refractivity contribution in [3.63, 3.8) is 0 Å². The number of halogens is 2. The molecule has 1 amide bonds. The highest BCUT2D eigenvalue weighted by Gasteiger charge is 2.35. The normalized spacial score (nSPS) is 26.3. The van der Waals surface area contributed by atoms with Crippen molar-refractivity contribution in [1.29, 1.82) is 0 Å². The number of rotatable bonds is 3. The lowest BCUT2D eigenvalue weighted by Crippen LogP contribution is -2.52. The van der Waals surface area contributed by atoms with Crippen LogP contribution in [-0.4, -0.2) is 16.8 Å². The second-order valence-electron chi connectivity index (χ2n) is 5.96. The van der Waals surface area contributed by atoms with Crippen LogP contribution >= 0.6 is 31.9 Å². The predicted molar refractivity (Wildman–Crippen MR) is 90.5 cm³/mol. The van der Waals surface area contributed by atoms with Crippen LogP contribution in [0.15, 0.2) is 22.7 Å². The second-order valence-corrected chi connectivity index (χ2v) is 7.38. The lowest BCUT2D eigenvalue weighted by Gasteiger charge is -2.39. The largest absolute Gasteiger partial charge is 0.346 e. The van der Waals surface area contributed by atoms with Crippen molar-refractivity contribution in [3.8, 4) is 0 Å². The summed E-state index contributed by atoms with van der Waals surface area (Å²) in [5.41, 5.74) is 1.68. The van der Waals surface area contributed by atoms with Gasteiger partial charge < -0.3 is 5.32 Å². The Morgan fingerprint density at radius 3 is 2.65 bits per heavy atom. The molecule has 0 radical (unpaired) electrons. The number of nitrogens with one attached hydrogen (secondary N) is 1. The molecule has 0 aliphatic heterocycles. The number of alkyl halides is 1. The molecule has 1 aromatic carbocycles. The van der Waals surface area contributed by atoms with Gasteiger partial charge in [-0.25, -0.2) is 0 Å². The Morgan fingerprint density at radius 1 is 1.40 bits per heavy atom. The Kier molecular flexibility index (Phi) is 5.30. The van der Waals surface area contributed by atoms with Gasteiger partial charge in [0.15, 0.2) is 0 Å². The Balaban J connectivity index is 2.15. The highest BCUT2D eigenvalue weighted by atomic mass is 79.9. The summed E-state index contributed by atoms with van der Waals surface area (Å²) in [5, 5.41) is 4.11. The minimum atomic E-state index is -0.0850. The molecule has 1 aliphatic rings. The van der Waals surface area contributed by atoms with Crippen molar-refractivity contribution >= 4 is 37.8 Å². The highest BCUT2D eigenvalue weighted by molar-refractivity contribution is 9.10. The highest BCUT2D eigenvalue weighted by Crippen LogP contribution is 2.33. The molecule has 0 heterocycles. The van der Waals surface area contributed by atoms with Gasteiger partial charge in [0.2, 0.25) is 0 Å². The molecule has 2 rings (SSSR count). The molecule has 0 bridgehead atoms. The lowest BCUT2D eigenvalue weighted by atomic mass is 9.78. The standard InChI is InChI=1S/C16H21Br2NO/c1-11-6-8-16(10-17,9-7-11)19-15(20)13-4-3-5-14(18)12(13)2/h3-5,11H,6-10H2,1-2H3,(H,19,20). The zero-order valence-corrected chi connectivity index (χ0v) is 15.2. The quantitative estimate of drug-likeness (QED) is 0.720. The number of hydrogen-bond acceptors (Lipinski definition) is 1. The van der Waals surface area contributed by atoms with E-state index in [1.54, 1.807) is 0 Å². The maximum absolute atomic E-state index is 12.6. The van der Waals surface area contributed by atoms with Crippen molar-refractivity contribution < 1.29 is 4.79 Å². The van der Waals surface area contributed by atoms with Crippen molar-refractivity contribution in [2.24, 2.45) is 5.92 Å². The molecule has 0 unspecified atom stereocenters. The minimum absolute atomic E-state index is 0.0396. The van der Waals surface area contributed by atoms with Gasteiger partial charge in [-0.1, -0.05) is 44.8 Å². The van der Waals surface area contributed by atoms with Crippen LogP contribution in [0.4, 0.5) is 0 Å². The van der Waals surface area contributed by atoms with E-state index in [1.165, 1.54) is 12.8 Å². The molecule has 1 fully saturated rings. The summed E-state index contributed by atoms with van der Waals surface area (Å²) >= 11 is 7.09. The van der Waals surface area contributed by atoms with E-state index >= 15 is 0 Å². The molecule has 1 aromatic rings. The van der Waals surface area contributed by atoms with Crippen molar-refractivity contribution in [3.05, 3.63) is 33.8 Å². The molecule has 1 saturated carbocycles. The molecular formula is C16H21Br2NO. The third kappa shape index (κ3) is 3.45. The van der Waals surface area contributed by atoms with E-state index in [1.807, 2.05) is 25.1 Å². The van der Waals surface area contributed by atoms with Crippen LogP contribution in [0.25, 0.3) is 0 Å². The van der Waals surface area contributed by atoms with Crippen LogP contribution in [0.5, 0.6) is 0 Å². The minimum Gasteiger partial charge on any atom is -0.346 e. The van der Waals surface area contributed by atoms with E-state index in [0.717, 1.165) is 39.7 Å². The predicted octanol–water partition coefficient (Wildman–Crippen LogP) is 4.83. The number of benzene rings is 1. The van der Waals surface area contributed by atoms with Gasteiger partial charge in [0.05, 0.1) is 5.54 Å². The SMILES string of the molecule is Cc1c(Br)cccc1C(=O)NC1(CBr)CCC(C)CC1. The molecule has 1 N–H and O–H groups in total. The molecule has 110 valence electrons. The van der Waals surface area contributed by atoms with E-state index in [9.17, 15) is 4.79 Å². The average Bonchev–Trinajstić information content (AvgIpc) is 2.44. The maximum Gasteiger partial charge on any atom is 0.252 e. The van der Waals surface area contributed by atoms with Crippen LogP contribution in [0.2, 0.25) is 0 Å². The number of carbonyl (C=O) groups excluding carboxylic acids is 1. The summed E-state index contributed by atoms with van der Waals surface area (Å²) in [7, 11) is 0. The summed E-state index contributed by atoms with van der Waals surface area (Å²) in [5.74, 6) is 0.810. The molecule has 0 aromatic heterocycles. The summed E-state index contributed by atoms with van der Waals surface area (Å²) in [6.45, 7) is 4.27. The summed E-state index contributed by atoms with van der Waals surface area (Å²) in [4.78, 5) is 12.6. The van der Waals surface area contributed by atoms with Crippen molar-refractivity contribution in [2.75, 3.05) is 5.33 Å². The zero-order chi connectivity index (χ0) is 14.8. The topological polar surface area (TPSA) is 29.1 Å². The first-order valence-electron chi connectivity index (χ1n) is 7.11. The fourth-order valence-corrected chi connectivity index (χ4v) is 3.84. The maximum atomic E-state index is 12.6. The number of carbonyl (C=O) groups is 1. The van der Waals surface area contributed by atoms with E-state index in [-0.39, 0.29) is 11.4 Å². The van der Waals surface area contributed by atoms with E-state index in [0.29, 0.717) is 0 Å². The second kappa shape index (κ2) is 6.61. The monoisotopic (exact) mass is 401 g/mol. The first-order valence-corrected chi connectivity index (χ1v) is 9.02. The summed E-state index contributed by atoms with van der Waals surface area (Å²) in [6, 6.07) is 5.77. The van der Waals surface area contributed by atoms with Gasteiger partial charge in [-0.15, -0.1) is 0 Å². The first kappa shape index (κ1) is 16.0. The third-order valence-corrected chi connectivity index (χ3v) is 6.31. The van der Waals surface area contributed by atoms with Gasteiger partial charge >= 0.3 is 0 Å². The molecular weight excluding hydrogens is 382 g/mol. The van der Waals surface area contributed by atoms with Crippen molar-refractivity contribution in [1.82, 2.24) is 5.32 Å². The fraction of sp³-hybridized carbons (Fsp3) is 0.562. The summed E-state index contributed by atoms with van der Waals surface area (Å²) < 4.78 is 0.982. The average molecular weight is 403 g/mol. The Labute approximate surface area is 138 Å². The molecule has 20 heavy (non-hydrogen) atoms. The van der Waals surface area contributed by atoms with Gasteiger partial charge in [0.25, 0.3) is 5.91 Å². The number of hydrogen-bond donors (Lipinski definition) is 1. The van der Waals surface area contributed by atoms with Crippen molar-refractivity contribution in [2.45, 2.75) is 45.1 Å². The van der Waals surface area contributed by atoms with E-state index in [2.05, 4.69) is 44.1 Å². The van der Waals surface area contributed by atoms with Gasteiger partial charge in [0.1, 0.15) is 0 Å². The molecule has 2 nitrogen and oxygen atoms in total. The molecule has 4 heteroatoms. The Morgan fingerprint density at radius 2 is 2.05 bits per heavy atom.